The van der Waals surface area contributed by atoms with Gasteiger partial charge in [-0.25, -0.2) is 0 Å². The number of carbonyl (C=O) groups is 2. The van der Waals surface area contributed by atoms with Gasteiger partial charge in [-0.2, -0.15) is 4.98 Å². The predicted octanol–water partition coefficient (Wildman–Crippen LogP) is 3.42. The summed E-state index contributed by atoms with van der Waals surface area (Å²) in [6.45, 7) is 7.65. The molecule has 200 valence electrons. The molecular formula is C28H32N4O6. The molecule has 10 nitrogen and oxygen atoms in total. The largest absolute Gasteiger partial charge is 0.473 e. The monoisotopic (exact) mass is 520 g/mol. The van der Waals surface area contributed by atoms with Gasteiger partial charge >= 0.3 is 0 Å². The van der Waals surface area contributed by atoms with Crippen molar-refractivity contribution in [2.24, 2.45) is 0 Å². The van der Waals surface area contributed by atoms with Gasteiger partial charge in [0, 0.05) is 26.1 Å². The molecule has 1 saturated heterocycles. The molecule has 2 aromatic heterocycles. The number of fused-ring (bicyclic) bond motifs is 1. The summed E-state index contributed by atoms with van der Waals surface area (Å²) >= 11 is 0. The van der Waals surface area contributed by atoms with Crippen LogP contribution in [0.4, 0.5) is 11.5 Å². The Labute approximate surface area is 221 Å². The van der Waals surface area contributed by atoms with E-state index in [1.165, 1.54) is 6.26 Å². The summed E-state index contributed by atoms with van der Waals surface area (Å²) in [6, 6.07) is 13.5. The van der Waals surface area contributed by atoms with Crippen LogP contribution in [-0.4, -0.2) is 61.9 Å². The van der Waals surface area contributed by atoms with Crippen molar-refractivity contribution in [2.75, 3.05) is 49.7 Å². The number of morpholine rings is 1. The van der Waals surface area contributed by atoms with Gasteiger partial charge in [0.15, 0.2) is 0 Å². The number of amides is 2. The first kappa shape index (κ1) is 25.7. The molecule has 5 rings (SSSR count). The van der Waals surface area contributed by atoms with Crippen molar-refractivity contribution in [1.82, 2.24) is 10.3 Å². The molecule has 0 saturated carbocycles. The van der Waals surface area contributed by atoms with Crippen molar-refractivity contribution >= 4 is 23.3 Å². The van der Waals surface area contributed by atoms with E-state index in [0.29, 0.717) is 57.3 Å². The highest BCUT2D eigenvalue weighted by Crippen LogP contribution is 2.29. The first-order valence-electron chi connectivity index (χ1n) is 12.7. The van der Waals surface area contributed by atoms with Gasteiger partial charge in [0.1, 0.15) is 30.1 Å². The quantitative estimate of drug-likeness (QED) is 0.441. The Balaban J connectivity index is 1.34. The Morgan fingerprint density at radius 1 is 1.16 bits per heavy atom. The summed E-state index contributed by atoms with van der Waals surface area (Å²) in [7, 11) is 0. The summed E-state index contributed by atoms with van der Waals surface area (Å²) in [4.78, 5) is 32.4. The molecular weight excluding hydrogens is 488 g/mol. The SMILES string of the molecule is CC(C)(COc1nc(N2CCOCC2)ccc1NC(=O)c1coc2c1C(=O)NCC2)OCc1ccccc1. The fourth-order valence-corrected chi connectivity index (χ4v) is 4.31. The second-order valence-corrected chi connectivity index (χ2v) is 9.85. The second kappa shape index (κ2) is 11.2. The molecule has 38 heavy (non-hydrogen) atoms. The maximum Gasteiger partial charge on any atom is 0.259 e. The van der Waals surface area contributed by atoms with E-state index in [0.717, 1.165) is 11.4 Å². The lowest BCUT2D eigenvalue weighted by Crippen LogP contribution is -2.37. The summed E-state index contributed by atoms with van der Waals surface area (Å²) in [5, 5.41) is 5.61. The highest BCUT2D eigenvalue weighted by molar-refractivity contribution is 6.13. The van der Waals surface area contributed by atoms with Crippen LogP contribution in [0.1, 0.15) is 45.9 Å². The second-order valence-electron chi connectivity index (χ2n) is 9.85. The lowest BCUT2D eigenvalue weighted by Gasteiger charge is -2.29. The van der Waals surface area contributed by atoms with E-state index < -0.39 is 11.5 Å². The molecule has 1 aromatic carbocycles. The minimum atomic E-state index is -0.629. The maximum absolute atomic E-state index is 13.2. The fraction of sp³-hybridized carbons (Fsp3) is 0.393. The number of ether oxygens (including phenoxy) is 3. The zero-order chi connectivity index (χ0) is 26.5. The molecule has 0 aliphatic carbocycles. The molecule has 2 N–H and O–H groups in total. The van der Waals surface area contributed by atoms with Gasteiger partial charge in [0.2, 0.25) is 5.88 Å². The van der Waals surface area contributed by atoms with Crippen LogP contribution in [0.3, 0.4) is 0 Å². The van der Waals surface area contributed by atoms with Gasteiger partial charge in [-0.15, -0.1) is 0 Å². The Morgan fingerprint density at radius 3 is 2.74 bits per heavy atom. The smallest absolute Gasteiger partial charge is 0.259 e. The third-order valence-electron chi connectivity index (χ3n) is 6.43. The molecule has 0 bridgehead atoms. The van der Waals surface area contributed by atoms with Gasteiger partial charge in [-0.1, -0.05) is 30.3 Å². The van der Waals surface area contributed by atoms with Crippen LogP contribution in [0.15, 0.2) is 53.1 Å². The molecule has 1 fully saturated rings. The van der Waals surface area contributed by atoms with E-state index >= 15 is 0 Å². The summed E-state index contributed by atoms with van der Waals surface area (Å²) in [5.41, 5.74) is 1.26. The molecule has 2 aliphatic rings. The van der Waals surface area contributed by atoms with Gasteiger partial charge < -0.3 is 34.2 Å². The normalized spacial score (nSPS) is 15.5. The molecule has 4 heterocycles. The van der Waals surface area contributed by atoms with E-state index in [4.69, 9.17) is 23.6 Å². The summed E-state index contributed by atoms with van der Waals surface area (Å²) in [5.74, 6) is 0.704. The first-order valence-corrected chi connectivity index (χ1v) is 12.7. The number of carbonyl (C=O) groups excluding carboxylic acids is 2. The van der Waals surface area contributed by atoms with E-state index in [-0.39, 0.29) is 29.5 Å². The molecule has 0 unspecified atom stereocenters. The Morgan fingerprint density at radius 2 is 1.95 bits per heavy atom. The van der Waals surface area contributed by atoms with E-state index in [2.05, 4.69) is 15.5 Å². The van der Waals surface area contributed by atoms with Gasteiger partial charge in [0.25, 0.3) is 11.8 Å². The first-order chi connectivity index (χ1) is 18.4. The lowest BCUT2D eigenvalue weighted by atomic mass is 10.0. The topological polar surface area (TPSA) is 115 Å². The van der Waals surface area contributed by atoms with Crippen LogP contribution < -0.4 is 20.3 Å². The Bertz CT molecular complexity index is 1280. The van der Waals surface area contributed by atoms with Crippen LogP contribution in [0.25, 0.3) is 0 Å². The number of benzene rings is 1. The number of pyridine rings is 1. The maximum atomic E-state index is 13.2. The number of furan rings is 1. The van der Waals surface area contributed by atoms with Gasteiger partial charge in [-0.3, -0.25) is 9.59 Å². The van der Waals surface area contributed by atoms with Crippen molar-refractivity contribution < 1.29 is 28.2 Å². The van der Waals surface area contributed by atoms with Gasteiger partial charge in [-0.05, 0) is 31.5 Å². The number of hydrogen-bond donors (Lipinski definition) is 2. The van der Waals surface area contributed by atoms with E-state index in [1.54, 1.807) is 6.07 Å². The highest BCUT2D eigenvalue weighted by Gasteiger charge is 2.29. The number of nitrogens with zero attached hydrogens (tertiary/aromatic N) is 2. The zero-order valence-electron chi connectivity index (χ0n) is 21.6. The number of aromatic nitrogens is 1. The van der Waals surface area contributed by atoms with Crippen molar-refractivity contribution in [3.8, 4) is 5.88 Å². The van der Waals surface area contributed by atoms with Crippen LogP contribution in [0, 0.1) is 0 Å². The third-order valence-corrected chi connectivity index (χ3v) is 6.43. The number of rotatable bonds is 9. The lowest BCUT2D eigenvalue weighted by molar-refractivity contribution is -0.0575. The molecule has 3 aromatic rings. The van der Waals surface area contributed by atoms with Crippen molar-refractivity contribution in [1.29, 1.82) is 0 Å². The minimum absolute atomic E-state index is 0.173. The van der Waals surface area contributed by atoms with Crippen molar-refractivity contribution in [3.05, 3.63) is 71.2 Å². The standard InChI is InChI=1S/C28H32N4O6/c1-28(2,38-16-19-6-4-3-5-7-19)18-37-27-21(8-9-23(31-27)32-12-14-35-15-13-32)30-25(33)20-17-36-22-10-11-29-26(34)24(20)22/h3-9,17H,10-16,18H2,1-2H3,(H,29,34)(H,30,33). The number of hydrogen-bond acceptors (Lipinski definition) is 8. The molecule has 0 spiro atoms. The van der Waals surface area contributed by atoms with Gasteiger partial charge in [0.05, 0.1) is 36.5 Å². The average molecular weight is 521 g/mol. The van der Waals surface area contributed by atoms with Crippen LogP contribution in [0.2, 0.25) is 0 Å². The number of nitrogens with one attached hydrogen (secondary N) is 2. The van der Waals surface area contributed by atoms with Crippen LogP contribution in [-0.2, 0) is 22.5 Å². The van der Waals surface area contributed by atoms with E-state index in [9.17, 15) is 9.59 Å². The predicted molar refractivity (Wildman–Crippen MR) is 141 cm³/mol. The highest BCUT2D eigenvalue weighted by atomic mass is 16.5. The molecule has 0 radical (unpaired) electrons. The van der Waals surface area contributed by atoms with Crippen LogP contribution in [0.5, 0.6) is 5.88 Å². The molecule has 0 atom stereocenters. The zero-order valence-corrected chi connectivity index (χ0v) is 21.6. The number of anilines is 2. The Kier molecular flexibility index (Phi) is 7.62. The fourth-order valence-electron chi connectivity index (χ4n) is 4.31. The third kappa shape index (κ3) is 5.98. The van der Waals surface area contributed by atoms with Crippen LogP contribution >= 0.6 is 0 Å². The van der Waals surface area contributed by atoms with Crippen molar-refractivity contribution in [3.63, 3.8) is 0 Å². The summed E-state index contributed by atoms with van der Waals surface area (Å²) in [6.07, 6.45) is 1.86. The molecule has 2 aliphatic heterocycles. The molecule has 2 amide bonds. The minimum Gasteiger partial charge on any atom is -0.473 e. The summed E-state index contributed by atoms with van der Waals surface area (Å²) < 4.78 is 23.2. The molecule has 10 heteroatoms. The van der Waals surface area contributed by atoms with Crippen molar-refractivity contribution in [2.45, 2.75) is 32.5 Å². The van der Waals surface area contributed by atoms with E-state index in [1.807, 2.05) is 50.2 Å². The average Bonchev–Trinajstić information content (AvgIpc) is 3.38. The Hall–Kier alpha value is -3.89.